The Morgan fingerprint density at radius 1 is 0.882 bits per heavy atom. The van der Waals surface area contributed by atoms with Crippen molar-refractivity contribution in [3.8, 4) is 0 Å². The van der Waals surface area contributed by atoms with Gasteiger partial charge in [0.25, 0.3) is 0 Å². The van der Waals surface area contributed by atoms with Crippen molar-refractivity contribution in [1.29, 1.82) is 0 Å². The van der Waals surface area contributed by atoms with Crippen molar-refractivity contribution < 1.29 is 13.2 Å². The molecule has 1 aromatic heterocycles. The Hall–Kier alpha value is -3.13. The van der Waals surface area contributed by atoms with Crippen LogP contribution in [0.1, 0.15) is 31.9 Å². The van der Waals surface area contributed by atoms with Crippen molar-refractivity contribution in [2.24, 2.45) is 0 Å². The number of rotatable bonds is 6. The maximum Gasteiger partial charge on any atom is 0.211 e. The van der Waals surface area contributed by atoms with Gasteiger partial charge in [-0.15, -0.1) is 11.3 Å². The first-order valence-corrected chi connectivity index (χ1v) is 13.1. The Morgan fingerprint density at radius 3 is 2.06 bits per heavy atom. The molecule has 174 valence electrons. The predicted octanol–water partition coefficient (Wildman–Crippen LogP) is 6.72. The Balaban J connectivity index is 1.89. The zero-order valence-corrected chi connectivity index (χ0v) is 21.2. The van der Waals surface area contributed by atoms with Crippen LogP contribution in [-0.2, 0) is 9.84 Å². The van der Waals surface area contributed by atoms with Crippen molar-refractivity contribution in [2.45, 2.75) is 30.6 Å². The lowest BCUT2D eigenvalue weighted by molar-refractivity contribution is 0.104. The van der Waals surface area contributed by atoms with Gasteiger partial charge in [0, 0.05) is 16.3 Å². The molecule has 3 N–H and O–H groups in total. The van der Waals surface area contributed by atoms with Crippen LogP contribution in [0.4, 0.5) is 16.4 Å². The van der Waals surface area contributed by atoms with Gasteiger partial charge in [0.05, 0.1) is 10.6 Å². The number of nitrogen functional groups attached to an aromatic ring is 1. The van der Waals surface area contributed by atoms with Gasteiger partial charge < -0.3 is 11.1 Å². The molecule has 0 bridgehead atoms. The second-order valence-corrected chi connectivity index (χ2v) is 11.5. The number of halogens is 1. The van der Waals surface area contributed by atoms with Gasteiger partial charge in [0.2, 0.25) is 15.6 Å². The summed E-state index contributed by atoms with van der Waals surface area (Å²) in [4.78, 5) is 13.4. The molecular formula is C26H23ClN2O3S2. The van der Waals surface area contributed by atoms with E-state index in [1.165, 1.54) is 0 Å². The van der Waals surface area contributed by atoms with E-state index in [0.717, 1.165) is 28.0 Å². The van der Waals surface area contributed by atoms with E-state index in [4.69, 9.17) is 17.3 Å². The zero-order valence-electron chi connectivity index (χ0n) is 18.8. The van der Waals surface area contributed by atoms with E-state index in [-0.39, 0.29) is 26.1 Å². The van der Waals surface area contributed by atoms with Gasteiger partial charge >= 0.3 is 0 Å². The lowest BCUT2D eigenvalue weighted by atomic mass is 10.1. The van der Waals surface area contributed by atoms with E-state index >= 15 is 0 Å². The van der Waals surface area contributed by atoms with Gasteiger partial charge in [-0.05, 0) is 80.4 Å². The van der Waals surface area contributed by atoms with Crippen molar-refractivity contribution in [2.75, 3.05) is 11.1 Å². The van der Waals surface area contributed by atoms with Crippen LogP contribution in [0.2, 0.25) is 5.02 Å². The molecule has 0 saturated heterocycles. The minimum Gasteiger partial charge on any atom is -0.396 e. The van der Waals surface area contributed by atoms with Crippen molar-refractivity contribution in [3.05, 3.63) is 98.9 Å². The quantitative estimate of drug-likeness (QED) is 0.281. The van der Waals surface area contributed by atoms with Gasteiger partial charge in [0.15, 0.2) is 0 Å². The Morgan fingerprint density at radius 2 is 1.47 bits per heavy atom. The topological polar surface area (TPSA) is 89.3 Å². The smallest absolute Gasteiger partial charge is 0.211 e. The molecule has 1 heterocycles. The number of hydrogen-bond acceptors (Lipinski definition) is 6. The van der Waals surface area contributed by atoms with Crippen LogP contribution in [0.5, 0.6) is 0 Å². The molecule has 0 atom stereocenters. The molecule has 0 aliphatic carbocycles. The second-order valence-electron chi connectivity index (χ2n) is 8.16. The number of aryl methyl sites for hydroxylation is 3. The first kappa shape index (κ1) is 24.0. The third-order valence-electron chi connectivity index (χ3n) is 5.29. The highest BCUT2D eigenvalue weighted by molar-refractivity contribution is 7.92. The van der Waals surface area contributed by atoms with Crippen LogP contribution in [0, 0.1) is 20.8 Å². The number of anilines is 3. The number of hydrogen-bond donors (Lipinski definition) is 2. The van der Waals surface area contributed by atoms with E-state index in [1.54, 1.807) is 48.5 Å². The zero-order chi connectivity index (χ0) is 24.6. The molecule has 3 aromatic carbocycles. The van der Waals surface area contributed by atoms with E-state index < -0.39 is 9.84 Å². The molecule has 5 nitrogen and oxygen atoms in total. The van der Waals surface area contributed by atoms with Gasteiger partial charge in [-0.1, -0.05) is 35.4 Å². The number of ketones is 1. The van der Waals surface area contributed by atoms with E-state index in [2.05, 4.69) is 5.32 Å². The summed E-state index contributed by atoms with van der Waals surface area (Å²) in [5.74, 6) is -0.368. The normalized spacial score (nSPS) is 11.4. The Labute approximate surface area is 208 Å². The number of carbonyl (C=O) groups is 1. The summed E-state index contributed by atoms with van der Waals surface area (Å²) < 4.78 is 27.4. The highest BCUT2D eigenvalue weighted by Gasteiger charge is 2.31. The summed E-state index contributed by atoms with van der Waals surface area (Å²) in [6.07, 6.45) is 0. The number of sulfone groups is 1. The van der Waals surface area contributed by atoms with Crippen molar-refractivity contribution >= 4 is 54.9 Å². The van der Waals surface area contributed by atoms with Crippen LogP contribution in [0.15, 0.2) is 76.5 Å². The highest BCUT2D eigenvalue weighted by atomic mass is 35.5. The van der Waals surface area contributed by atoms with Crippen molar-refractivity contribution in [1.82, 2.24) is 0 Å². The van der Waals surface area contributed by atoms with Crippen LogP contribution >= 0.6 is 22.9 Å². The second kappa shape index (κ2) is 9.25. The molecule has 0 aliphatic heterocycles. The first-order valence-electron chi connectivity index (χ1n) is 10.5. The fourth-order valence-electron chi connectivity index (χ4n) is 3.69. The van der Waals surface area contributed by atoms with Crippen molar-refractivity contribution in [3.63, 3.8) is 0 Å². The molecule has 0 fully saturated rings. The molecule has 4 rings (SSSR count). The minimum absolute atomic E-state index is 0.0719. The number of nitrogens with two attached hydrogens (primary N) is 1. The van der Waals surface area contributed by atoms with E-state index in [1.807, 2.05) is 39.0 Å². The summed E-state index contributed by atoms with van der Waals surface area (Å²) in [5, 5.41) is 3.99. The molecule has 4 aromatic rings. The van der Waals surface area contributed by atoms with Crippen LogP contribution < -0.4 is 11.1 Å². The molecular weight excluding hydrogens is 488 g/mol. The van der Waals surface area contributed by atoms with E-state index in [9.17, 15) is 13.2 Å². The molecule has 0 amide bonds. The molecule has 34 heavy (non-hydrogen) atoms. The fraction of sp³-hybridized carbons (Fsp3) is 0.115. The molecule has 0 radical (unpaired) electrons. The predicted molar refractivity (Wildman–Crippen MR) is 139 cm³/mol. The van der Waals surface area contributed by atoms with Crippen LogP contribution in [-0.4, -0.2) is 14.2 Å². The summed E-state index contributed by atoms with van der Waals surface area (Å²) in [7, 11) is -4.01. The number of thiophene rings is 1. The van der Waals surface area contributed by atoms with Crippen LogP contribution in [0.25, 0.3) is 0 Å². The maximum absolute atomic E-state index is 13.7. The molecule has 0 aliphatic rings. The minimum atomic E-state index is -4.01. The number of benzene rings is 3. The average molecular weight is 511 g/mol. The summed E-state index contributed by atoms with van der Waals surface area (Å²) in [5.41, 5.74) is 10.4. The molecule has 0 saturated carbocycles. The number of carbonyl (C=O) groups excluding carboxylic acids is 1. The SMILES string of the molecule is Cc1ccc(S(=O)(=O)c2c(Nc3cc(C)cc(C)c3)sc(C(=O)c3ccc(Cl)cc3)c2N)cc1. The van der Waals surface area contributed by atoms with Crippen LogP contribution in [0.3, 0.4) is 0 Å². The van der Waals surface area contributed by atoms with Gasteiger partial charge in [-0.2, -0.15) is 0 Å². The summed E-state index contributed by atoms with van der Waals surface area (Å²) in [6, 6.07) is 18.8. The van der Waals surface area contributed by atoms with Gasteiger partial charge in [-0.3, -0.25) is 4.79 Å². The standard InChI is InChI=1S/C26H23ClN2O3S2/c1-15-4-10-21(11-5-15)34(31,32)25-22(28)24(23(30)18-6-8-19(27)9-7-18)33-26(25)29-20-13-16(2)12-17(3)14-20/h4-14,29H,28H2,1-3H3. The fourth-order valence-corrected chi connectivity index (χ4v) is 6.75. The number of nitrogens with one attached hydrogen (secondary N) is 1. The third kappa shape index (κ3) is 4.73. The maximum atomic E-state index is 13.7. The third-order valence-corrected chi connectivity index (χ3v) is 8.65. The molecule has 8 heteroatoms. The monoisotopic (exact) mass is 510 g/mol. The lowest BCUT2D eigenvalue weighted by Crippen LogP contribution is -2.08. The molecule has 0 spiro atoms. The van der Waals surface area contributed by atoms with E-state index in [0.29, 0.717) is 21.3 Å². The highest BCUT2D eigenvalue weighted by Crippen LogP contribution is 2.44. The first-order chi connectivity index (χ1) is 16.1. The Bertz CT molecular complexity index is 1470. The lowest BCUT2D eigenvalue weighted by Gasteiger charge is -2.11. The largest absolute Gasteiger partial charge is 0.396 e. The summed E-state index contributed by atoms with van der Waals surface area (Å²) in [6.45, 7) is 5.80. The summed E-state index contributed by atoms with van der Waals surface area (Å²) >= 11 is 6.98. The van der Waals surface area contributed by atoms with Gasteiger partial charge in [-0.25, -0.2) is 8.42 Å². The van der Waals surface area contributed by atoms with Gasteiger partial charge in [0.1, 0.15) is 14.8 Å². The average Bonchev–Trinajstić information content (AvgIpc) is 3.09. The molecule has 0 unspecified atom stereocenters. The Kier molecular flexibility index (Phi) is 6.53.